The molecule has 0 aliphatic carbocycles. The van der Waals surface area contributed by atoms with E-state index in [2.05, 4.69) is 5.32 Å². The van der Waals surface area contributed by atoms with Gasteiger partial charge in [-0.25, -0.2) is 0 Å². The molecule has 1 N–H and O–H groups in total. The number of nitrogens with zero attached hydrogens (tertiary/aromatic N) is 1. The summed E-state index contributed by atoms with van der Waals surface area (Å²) in [6, 6.07) is 12.6. The van der Waals surface area contributed by atoms with Crippen LogP contribution in [0.25, 0.3) is 0 Å². The highest BCUT2D eigenvalue weighted by molar-refractivity contribution is 6.35. The molecule has 160 valence electrons. The Hall–Kier alpha value is -2.24. The first-order valence-corrected chi connectivity index (χ1v) is 11.0. The van der Waals surface area contributed by atoms with Crippen molar-refractivity contribution in [1.29, 1.82) is 0 Å². The van der Waals surface area contributed by atoms with Crippen LogP contribution in [0, 0.1) is 0 Å². The van der Waals surface area contributed by atoms with Crippen molar-refractivity contribution in [3.63, 3.8) is 0 Å². The number of rotatable bonds is 7. The topological polar surface area (TPSA) is 58.6 Å². The average molecular weight is 449 g/mol. The van der Waals surface area contributed by atoms with E-state index in [0.717, 1.165) is 24.2 Å². The van der Waals surface area contributed by atoms with Gasteiger partial charge < -0.3 is 15.0 Å². The molecular formula is C23H26Cl2N2O3. The largest absolute Gasteiger partial charge is 0.494 e. The van der Waals surface area contributed by atoms with E-state index in [1.807, 2.05) is 30.0 Å². The first-order valence-electron chi connectivity index (χ1n) is 10.2. The molecule has 1 aliphatic heterocycles. The van der Waals surface area contributed by atoms with Crippen LogP contribution in [-0.4, -0.2) is 42.5 Å². The highest BCUT2D eigenvalue weighted by Crippen LogP contribution is 2.22. The lowest BCUT2D eigenvalue weighted by Gasteiger charge is -2.32. The van der Waals surface area contributed by atoms with E-state index in [4.69, 9.17) is 27.9 Å². The Morgan fingerprint density at radius 3 is 2.43 bits per heavy atom. The second-order valence-corrected chi connectivity index (χ2v) is 8.17. The van der Waals surface area contributed by atoms with Crippen molar-refractivity contribution in [2.75, 3.05) is 19.7 Å². The summed E-state index contributed by atoms with van der Waals surface area (Å²) in [5.74, 6) is 0.771. The molecule has 0 saturated carbocycles. The lowest BCUT2D eigenvalue weighted by Crippen LogP contribution is -2.46. The van der Waals surface area contributed by atoms with Gasteiger partial charge in [0.05, 0.1) is 6.61 Å². The van der Waals surface area contributed by atoms with Crippen molar-refractivity contribution in [3.8, 4) is 5.75 Å². The summed E-state index contributed by atoms with van der Waals surface area (Å²) in [6.45, 7) is 3.77. The summed E-state index contributed by atoms with van der Waals surface area (Å²) in [4.78, 5) is 26.8. The maximum absolute atomic E-state index is 12.7. The zero-order valence-electron chi connectivity index (χ0n) is 17.0. The van der Waals surface area contributed by atoms with Gasteiger partial charge in [0.25, 0.3) is 5.91 Å². The molecule has 0 radical (unpaired) electrons. The summed E-state index contributed by atoms with van der Waals surface area (Å²) in [5, 5.41) is 4.24. The van der Waals surface area contributed by atoms with Crippen molar-refractivity contribution in [2.45, 2.75) is 38.6 Å². The first-order chi connectivity index (χ1) is 14.5. The third-order valence-corrected chi connectivity index (χ3v) is 5.78. The Kier molecular flexibility index (Phi) is 8.00. The monoisotopic (exact) mass is 448 g/mol. The third kappa shape index (κ3) is 6.13. The molecule has 0 unspecified atom stereocenters. The highest BCUT2D eigenvalue weighted by Gasteiger charge is 2.24. The van der Waals surface area contributed by atoms with Gasteiger partial charge in [-0.2, -0.15) is 0 Å². The van der Waals surface area contributed by atoms with Gasteiger partial charge in [0.15, 0.2) is 0 Å². The predicted octanol–water partition coefficient (Wildman–Crippen LogP) is 4.75. The van der Waals surface area contributed by atoms with Crippen LogP contribution in [0.4, 0.5) is 0 Å². The summed E-state index contributed by atoms with van der Waals surface area (Å²) in [7, 11) is 0. The number of aryl methyl sites for hydroxylation is 1. The lowest BCUT2D eigenvalue weighted by molar-refractivity contribution is -0.122. The van der Waals surface area contributed by atoms with Gasteiger partial charge in [0.1, 0.15) is 5.75 Å². The number of halogens is 2. The molecule has 2 aromatic rings. The summed E-state index contributed by atoms with van der Waals surface area (Å²) in [5.41, 5.74) is 1.56. The molecule has 7 heteroatoms. The van der Waals surface area contributed by atoms with Gasteiger partial charge in [0.2, 0.25) is 5.91 Å². The number of piperidine rings is 1. The van der Waals surface area contributed by atoms with Gasteiger partial charge in [0, 0.05) is 41.2 Å². The molecule has 5 nitrogen and oxygen atoms in total. The Bertz CT molecular complexity index is 879. The quantitative estimate of drug-likeness (QED) is 0.664. The fourth-order valence-electron chi connectivity index (χ4n) is 3.54. The minimum Gasteiger partial charge on any atom is -0.494 e. The Morgan fingerprint density at radius 1 is 1.10 bits per heavy atom. The minimum atomic E-state index is -0.00249. The van der Waals surface area contributed by atoms with Gasteiger partial charge in [-0.1, -0.05) is 29.3 Å². The summed E-state index contributed by atoms with van der Waals surface area (Å²) in [6.07, 6.45) is 2.43. The second kappa shape index (κ2) is 10.7. The molecule has 0 spiro atoms. The predicted molar refractivity (Wildman–Crippen MR) is 119 cm³/mol. The number of hydrogen-bond donors (Lipinski definition) is 1. The van der Waals surface area contributed by atoms with Crippen LogP contribution in [0.15, 0.2) is 42.5 Å². The minimum absolute atomic E-state index is 0.00249. The maximum Gasteiger partial charge on any atom is 0.253 e. The van der Waals surface area contributed by atoms with Gasteiger partial charge in [-0.05, 0) is 68.1 Å². The Balaban J connectivity index is 1.43. The highest BCUT2D eigenvalue weighted by atomic mass is 35.5. The van der Waals surface area contributed by atoms with Crippen molar-refractivity contribution < 1.29 is 14.3 Å². The lowest BCUT2D eigenvalue weighted by atomic mass is 10.0. The third-order valence-electron chi connectivity index (χ3n) is 5.20. The van der Waals surface area contributed by atoms with Crippen LogP contribution in [0.1, 0.15) is 42.1 Å². The number of hydrogen-bond acceptors (Lipinski definition) is 3. The van der Waals surface area contributed by atoms with E-state index < -0.39 is 0 Å². The Morgan fingerprint density at radius 2 is 1.80 bits per heavy atom. The second-order valence-electron chi connectivity index (χ2n) is 7.33. The number of likely N-dealkylation sites (tertiary alicyclic amines) is 1. The molecule has 2 aromatic carbocycles. The zero-order chi connectivity index (χ0) is 21.5. The van der Waals surface area contributed by atoms with Gasteiger partial charge in [-0.3, -0.25) is 9.59 Å². The molecule has 0 bridgehead atoms. The fourth-order valence-corrected chi connectivity index (χ4v) is 4.05. The molecule has 2 amide bonds. The zero-order valence-corrected chi connectivity index (χ0v) is 18.5. The van der Waals surface area contributed by atoms with E-state index in [1.54, 1.807) is 24.3 Å². The number of ether oxygens (including phenoxy) is 1. The van der Waals surface area contributed by atoms with Gasteiger partial charge >= 0.3 is 0 Å². The number of carbonyl (C=O) groups excluding carboxylic acids is 2. The van der Waals surface area contributed by atoms with E-state index in [1.165, 1.54) is 0 Å². The van der Waals surface area contributed by atoms with Crippen molar-refractivity contribution in [2.24, 2.45) is 0 Å². The molecule has 1 saturated heterocycles. The van der Waals surface area contributed by atoms with Crippen molar-refractivity contribution in [3.05, 3.63) is 63.6 Å². The Labute approximate surface area is 187 Å². The average Bonchev–Trinajstić information content (AvgIpc) is 2.74. The van der Waals surface area contributed by atoms with E-state index in [-0.39, 0.29) is 17.9 Å². The van der Waals surface area contributed by atoms with Crippen LogP contribution in [0.3, 0.4) is 0 Å². The van der Waals surface area contributed by atoms with E-state index >= 15 is 0 Å². The molecule has 3 rings (SSSR count). The van der Waals surface area contributed by atoms with Crippen molar-refractivity contribution in [1.82, 2.24) is 10.2 Å². The normalized spacial score (nSPS) is 14.4. The van der Waals surface area contributed by atoms with Crippen LogP contribution in [0.5, 0.6) is 5.75 Å². The first kappa shape index (κ1) is 22.4. The number of carbonyl (C=O) groups is 2. The molecule has 1 aliphatic rings. The van der Waals surface area contributed by atoms with Crippen LogP contribution in [0.2, 0.25) is 10.0 Å². The van der Waals surface area contributed by atoms with Crippen LogP contribution < -0.4 is 10.1 Å². The SMILES string of the molecule is CCOc1ccc(C(=O)N2CCC(NC(=O)CCc3ccc(Cl)cc3Cl)CC2)cc1. The van der Waals surface area contributed by atoms with Gasteiger partial charge in [-0.15, -0.1) is 0 Å². The van der Waals surface area contributed by atoms with Crippen LogP contribution in [-0.2, 0) is 11.2 Å². The molecule has 1 heterocycles. The number of benzene rings is 2. The van der Waals surface area contributed by atoms with E-state index in [9.17, 15) is 9.59 Å². The molecule has 1 fully saturated rings. The number of amides is 2. The van der Waals surface area contributed by atoms with E-state index in [0.29, 0.717) is 48.1 Å². The molecular weight excluding hydrogens is 423 g/mol. The molecule has 0 atom stereocenters. The number of nitrogens with one attached hydrogen (secondary N) is 1. The fraction of sp³-hybridized carbons (Fsp3) is 0.391. The maximum atomic E-state index is 12.7. The molecule has 30 heavy (non-hydrogen) atoms. The summed E-state index contributed by atoms with van der Waals surface area (Å²) >= 11 is 12.1. The van der Waals surface area contributed by atoms with Crippen LogP contribution >= 0.6 is 23.2 Å². The van der Waals surface area contributed by atoms with Crippen molar-refractivity contribution >= 4 is 35.0 Å². The smallest absolute Gasteiger partial charge is 0.253 e. The standard InChI is InChI=1S/C23H26Cl2N2O3/c1-2-30-20-8-4-17(5-9-20)23(29)27-13-11-19(12-14-27)26-22(28)10-6-16-3-7-18(24)15-21(16)25/h3-5,7-9,15,19H,2,6,10-14H2,1H3,(H,26,28). The summed E-state index contributed by atoms with van der Waals surface area (Å²) < 4.78 is 5.42. The molecule has 0 aromatic heterocycles.